The van der Waals surface area contributed by atoms with Crippen molar-refractivity contribution in [2.45, 2.75) is 70.3 Å². The Bertz CT molecular complexity index is 1600. The Hall–Kier alpha value is -5.70. The van der Waals surface area contributed by atoms with E-state index in [1.54, 1.807) is 39.1 Å². The van der Waals surface area contributed by atoms with Crippen molar-refractivity contribution in [3.63, 3.8) is 0 Å². The SMILES string of the molecule is COC(=O)N[C@H](C(=O)N[C@@H](Cc1ccc(-c2ccccn2)cc1)C[C@H](O)[C@H](Cc1ccccc1)NC(=O)[C@H](CNC(N)=O)NC(=O)O)C(C)(C)C. The normalized spacial score (nSPS) is 14.1. The van der Waals surface area contributed by atoms with Gasteiger partial charge in [-0.25, -0.2) is 14.4 Å². The molecule has 0 unspecified atom stereocenters. The number of pyridine rings is 1. The number of carbonyl (C=O) groups excluding carboxylic acids is 4. The number of nitrogens with zero attached hydrogens (tertiary/aromatic N) is 1. The molecule has 9 N–H and O–H groups in total. The first-order chi connectivity index (χ1) is 24.2. The third kappa shape index (κ3) is 13.3. The van der Waals surface area contributed by atoms with Gasteiger partial charge in [0.1, 0.15) is 12.1 Å². The Morgan fingerprint density at radius 3 is 2.04 bits per heavy atom. The predicted molar refractivity (Wildman–Crippen MR) is 189 cm³/mol. The molecule has 3 aromatic rings. The molecule has 2 aromatic carbocycles. The van der Waals surface area contributed by atoms with Gasteiger partial charge in [0, 0.05) is 24.3 Å². The minimum Gasteiger partial charge on any atom is -0.465 e. The second-order valence-corrected chi connectivity index (χ2v) is 13.1. The van der Waals surface area contributed by atoms with E-state index in [9.17, 15) is 34.2 Å². The van der Waals surface area contributed by atoms with Gasteiger partial charge in [0.25, 0.3) is 0 Å². The van der Waals surface area contributed by atoms with E-state index in [4.69, 9.17) is 10.5 Å². The van der Waals surface area contributed by atoms with Crippen molar-refractivity contribution >= 4 is 30.0 Å². The van der Waals surface area contributed by atoms with Crippen molar-refractivity contribution in [1.82, 2.24) is 31.6 Å². The average molecular weight is 706 g/mol. The Labute approximate surface area is 296 Å². The maximum atomic E-state index is 13.8. The lowest BCUT2D eigenvalue weighted by Crippen LogP contribution is -2.58. The zero-order valence-electron chi connectivity index (χ0n) is 29.1. The number of rotatable bonds is 16. The topological polar surface area (TPSA) is 234 Å². The van der Waals surface area contributed by atoms with Gasteiger partial charge in [-0.2, -0.15) is 0 Å². The third-order valence-corrected chi connectivity index (χ3v) is 8.03. The van der Waals surface area contributed by atoms with Crippen LogP contribution in [0.1, 0.15) is 38.3 Å². The summed E-state index contributed by atoms with van der Waals surface area (Å²) in [7, 11) is 1.20. The maximum absolute atomic E-state index is 13.8. The minimum absolute atomic E-state index is 0.0584. The van der Waals surface area contributed by atoms with E-state index in [-0.39, 0.29) is 19.3 Å². The van der Waals surface area contributed by atoms with Gasteiger partial charge in [-0.15, -0.1) is 0 Å². The number of carbonyl (C=O) groups is 5. The van der Waals surface area contributed by atoms with Gasteiger partial charge >= 0.3 is 18.2 Å². The summed E-state index contributed by atoms with van der Waals surface area (Å²) in [5.74, 6) is -1.32. The lowest BCUT2D eigenvalue weighted by molar-refractivity contribution is -0.127. The summed E-state index contributed by atoms with van der Waals surface area (Å²) in [6.45, 7) is 4.92. The van der Waals surface area contributed by atoms with Crippen LogP contribution in [-0.4, -0.2) is 89.2 Å². The second-order valence-electron chi connectivity index (χ2n) is 13.1. The summed E-state index contributed by atoms with van der Waals surface area (Å²) in [4.78, 5) is 66.5. The summed E-state index contributed by atoms with van der Waals surface area (Å²) in [6.07, 6.45) is -1.52. The van der Waals surface area contributed by atoms with E-state index in [0.29, 0.717) is 0 Å². The number of hydrogen-bond acceptors (Lipinski definition) is 8. The predicted octanol–water partition coefficient (Wildman–Crippen LogP) is 2.33. The first kappa shape index (κ1) is 39.7. The fourth-order valence-corrected chi connectivity index (χ4v) is 5.41. The number of aliphatic hydroxyl groups is 1. The standard InChI is InChI=1S/C36H47N7O8/c1-36(2,3)30(43-35(50)51-4)32(46)40-25(18-23-13-15-24(16-14-23)26-12-8-9-17-38-26)20-29(44)27(19-22-10-6-5-7-11-22)41-31(45)28(42-34(48)49)21-39-33(37)47/h5-17,25,27-30,42,44H,18-21H2,1-4H3,(H,40,46)(H,41,45)(H,43,50)(H,48,49)(H3,37,39,47)/t25-,27-,28-,29-,30+/m0/s1. The molecular weight excluding hydrogens is 658 g/mol. The molecule has 1 heterocycles. The number of amides is 6. The van der Waals surface area contributed by atoms with Crippen LogP contribution in [0.25, 0.3) is 11.3 Å². The Kier molecular flexibility index (Phi) is 14.7. The van der Waals surface area contributed by atoms with Crippen molar-refractivity contribution in [3.05, 3.63) is 90.1 Å². The molecule has 51 heavy (non-hydrogen) atoms. The molecule has 15 heteroatoms. The molecule has 0 fully saturated rings. The van der Waals surface area contributed by atoms with Crippen LogP contribution >= 0.6 is 0 Å². The smallest absolute Gasteiger partial charge is 0.407 e. The van der Waals surface area contributed by atoms with Gasteiger partial charge in [-0.1, -0.05) is 81.4 Å². The summed E-state index contributed by atoms with van der Waals surface area (Å²) < 4.78 is 4.75. The number of aliphatic hydroxyl groups excluding tert-OH is 1. The van der Waals surface area contributed by atoms with Gasteiger partial charge < -0.3 is 47.3 Å². The average Bonchev–Trinajstić information content (AvgIpc) is 3.08. The van der Waals surface area contributed by atoms with Crippen LogP contribution in [0.15, 0.2) is 79.0 Å². The van der Waals surface area contributed by atoms with Crippen LogP contribution in [0.4, 0.5) is 14.4 Å². The highest BCUT2D eigenvalue weighted by Crippen LogP contribution is 2.22. The number of methoxy groups -OCH3 is 1. The number of hydrogen-bond donors (Lipinski definition) is 8. The Morgan fingerprint density at radius 2 is 1.47 bits per heavy atom. The molecule has 274 valence electrons. The van der Waals surface area contributed by atoms with Crippen molar-refractivity contribution in [2.24, 2.45) is 11.1 Å². The molecule has 1 aromatic heterocycles. The highest BCUT2D eigenvalue weighted by molar-refractivity contribution is 5.87. The fourth-order valence-electron chi connectivity index (χ4n) is 5.41. The number of alkyl carbamates (subject to hydrolysis) is 1. The van der Waals surface area contributed by atoms with Gasteiger partial charge in [-0.3, -0.25) is 14.6 Å². The molecule has 0 radical (unpaired) electrons. The molecule has 3 rings (SSSR count). The number of nitrogens with one attached hydrogen (secondary N) is 5. The van der Waals surface area contributed by atoms with Gasteiger partial charge in [-0.05, 0) is 47.9 Å². The largest absolute Gasteiger partial charge is 0.465 e. The molecule has 6 amide bonds. The van der Waals surface area contributed by atoms with E-state index in [0.717, 1.165) is 22.4 Å². The molecule has 0 aliphatic rings. The number of carboxylic acid groups (broad SMARTS) is 1. The second kappa shape index (κ2) is 18.9. The molecular formula is C36H47N7O8. The number of urea groups is 1. The quantitative estimate of drug-likeness (QED) is 0.109. The van der Waals surface area contributed by atoms with E-state index in [2.05, 4.69) is 31.6 Å². The van der Waals surface area contributed by atoms with Crippen molar-refractivity contribution in [2.75, 3.05) is 13.7 Å². The summed E-state index contributed by atoms with van der Waals surface area (Å²) in [5, 5.41) is 33.6. The van der Waals surface area contributed by atoms with Gasteiger partial charge in [0.2, 0.25) is 11.8 Å². The maximum Gasteiger partial charge on any atom is 0.407 e. The third-order valence-electron chi connectivity index (χ3n) is 8.03. The van der Waals surface area contributed by atoms with Crippen LogP contribution in [0.5, 0.6) is 0 Å². The summed E-state index contributed by atoms with van der Waals surface area (Å²) in [6, 6.07) is 17.1. The lowest BCUT2D eigenvalue weighted by atomic mass is 9.85. The molecule has 0 aliphatic carbocycles. The molecule has 15 nitrogen and oxygen atoms in total. The van der Waals surface area contributed by atoms with E-state index >= 15 is 0 Å². The molecule has 0 saturated carbocycles. The van der Waals surface area contributed by atoms with Gasteiger partial charge in [0.15, 0.2) is 0 Å². The Balaban J connectivity index is 1.93. The van der Waals surface area contributed by atoms with Crippen LogP contribution < -0.4 is 32.3 Å². The summed E-state index contributed by atoms with van der Waals surface area (Å²) >= 11 is 0. The monoisotopic (exact) mass is 705 g/mol. The molecule has 0 bridgehead atoms. The van der Waals surface area contributed by atoms with Crippen LogP contribution in [0.3, 0.4) is 0 Å². The zero-order valence-corrected chi connectivity index (χ0v) is 29.1. The van der Waals surface area contributed by atoms with Crippen molar-refractivity contribution in [3.8, 4) is 11.3 Å². The number of benzene rings is 2. The van der Waals surface area contributed by atoms with Crippen molar-refractivity contribution < 1.29 is 38.9 Å². The number of ether oxygens (including phenoxy) is 1. The highest BCUT2D eigenvalue weighted by atomic mass is 16.5. The highest BCUT2D eigenvalue weighted by Gasteiger charge is 2.35. The van der Waals surface area contributed by atoms with E-state index in [1.165, 1.54) is 7.11 Å². The van der Waals surface area contributed by atoms with Gasteiger partial charge in [0.05, 0.1) is 24.9 Å². The minimum atomic E-state index is -1.51. The van der Waals surface area contributed by atoms with Crippen LogP contribution in [-0.2, 0) is 27.2 Å². The zero-order chi connectivity index (χ0) is 37.6. The van der Waals surface area contributed by atoms with E-state index < -0.39 is 72.3 Å². The number of aromatic nitrogens is 1. The molecule has 5 atom stereocenters. The van der Waals surface area contributed by atoms with Crippen LogP contribution in [0.2, 0.25) is 0 Å². The number of primary amides is 1. The van der Waals surface area contributed by atoms with E-state index in [1.807, 2.05) is 60.7 Å². The first-order valence-electron chi connectivity index (χ1n) is 16.4. The molecule has 0 saturated heterocycles. The summed E-state index contributed by atoms with van der Waals surface area (Å²) in [5.41, 5.74) is 7.68. The molecule has 0 aliphatic heterocycles. The molecule has 0 spiro atoms. The van der Waals surface area contributed by atoms with Crippen molar-refractivity contribution in [1.29, 1.82) is 0 Å². The lowest BCUT2D eigenvalue weighted by Gasteiger charge is -2.33. The fraction of sp³-hybridized carbons (Fsp3) is 0.389. The first-order valence-corrected chi connectivity index (χ1v) is 16.4. The van der Waals surface area contributed by atoms with Crippen LogP contribution in [0, 0.1) is 5.41 Å². The Morgan fingerprint density at radius 1 is 0.824 bits per heavy atom. The number of nitrogens with two attached hydrogens (primary N) is 1.